The van der Waals surface area contributed by atoms with E-state index >= 15 is 0 Å². The van der Waals surface area contributed by atoms with Crippen molar-refractivity contribution < 1.29 is 4.79 Å². The Hall–Kier alpha value is -0.330. The van der Waals surface area contributed by atoms with Crippen LogP contribution in [-0.4, -0.2) is 6.29 Å². The number of hydrogen-bond donors (Lipinski definition) is 0. The second-order valence-electron chi connectivity index (χ2n) is 4.23. The summed E-state index contributed by atoms with van der Waals surface area (Å²) in [6.45, 7) is 0. The van der Waals surface area contributed by atoms with Crippen molar-refractivity contribution in [1.82, 2.24) is 0 Å². The molecule has 0 amide bonds. The molecule has 0 saturated heterocycles. The van der Waals surface area contributed by atoms with Gasteiger partial charge in [0.1, 0.15) is 6.29 Å². The molecular weight excluding hydrogens is 136 g/mol. The van der Waals surface area contributed by atoms with E-state index in [0.29, 0.717) is 5.41 Å². The zero-order valence-corrected chi connectivity index (χ0v) is 7.01. The van der Waals surface area contributed by atoms with Crippen LogP contribution in [0.1, 0.15) is 44.9 Å². The third-order valence-corrected chi connectivity index (χ3v) is 3.59. The fraction of sp³-hybridized carbons (Fsp3) is 0.900. The van der Waals surface area contributed by atoms with Crippen LogP contribution in [0.3, 0.4) is 0 Å². The largest absolute Gasteiger partial charge is 0.303 e. The van der Waals surface area contributed by atoms with E-state index in [1.165, 1.54) is 38.5 Å². The average Bonchev–Trinajstić information content (AvgIpc) is 2.66. The van der Waals surface area contributed by atoms with Crippen molar-refractivity contribution in [3.05, 3.63) is 0 Å². The second kappa shape index (κ2) is 2.62. The van der Waals surface area contributed by atoms with Crippen molar-refractivity contribution in [2.75, 3.05) is 0 Å². The molecule has 2 aliphatic carbocycles. The van der Waals surface area contributed by atoms with E-state index in [1.54, 1.807) is 0 Å². The third kappa shape index (κ3) is 1.21. The van der Waals surface area contributed by atoms with E-state index in [0.717, 1.165) is 18.6 Å². The molecule has 1 unspecified atom stereocenters. The van der Waals surface area contributed by atoms with Crippen LogP contribution in [0.15, 0.2) is 0 Å². The van der Waals surface area contributed by atoms with Crippen LogP contribution in [0.4, 0.5) is 0 Å². The first-order chi connectivity index (χ1) is 5.37. The maximum Gasteiger partial charge on any atom is 0.120 e. The topological polar surface area (TPSA) is 17.1 Å². The van der Waals surface area contributed by atoms with Crippen LogP contribution in [0.5, 0.6) is 0 Å². The van der Waals surface area contributed by atoms with E-state index < -0.39 is 0 Å². The summed E-state index contributed by atoms with van der Waals surface area (Å²) in [7, 11) is 0. The molecule has 0 aromatic heterocycles. The summed E-state index contributed by atoms with van der Waals surface area (Å²) in [6.07, 6.45) is 10.4. The molecule has 2 saturated carbocycles. The van der Waals surface area contributed by atoms with Crippen molar-refractivity contribution in [3.8, 4) is 0 Å². The first-order valence-electron chi connectivity index (χ1n) is 4.81. The summed E-state index contributed by atoms with van der Waals surface area (Å²) < 4.78 is 0. The molecule has 2 rings (SSSR count). The Morgan fingerprint density at radius 2 is 2.00 bits per heavy atom. The highest BCUT2D eigenvalue weighted by atomic mass is 16.1. The molecular formula is C10H16O. The van der Waals surface area contributed by atoms with Gasteiger partial charge in [0.15, 0.2) is 0 Å². The monoisotopic (exact) mass is 152 g/mol. The fourth-order valence-corrected chi connectivity index (χ4v) is 2.75. The highest BCUT2D eigenvalue weighted by Gasteiger charge is 2.52. The molecule has 0 N–H and O–H groups in total. The van der Waals surface area contributed by atoms with Gasteiger partial charge in [0, 0.05) is 6.42 Å². The Morgan fingerprint density at radius 3 is 2.64 bits per heavy atom. The van der Waals surface area contributed by atoms with Crippen LogP contribution in [0.25, 0.3) is 0 Å². The van der Waals surface area contributed by atoms with E-state index in [9.17, 15) is 4.79 Å². The third-order valence-electron chi connectivity index (χ3n) is 3.59. The minimum Gasteiger partial charge on any atom is -0.303 e. The van der Waals surface area contributed by atoms with Crippen LogP contribution in [0, 0.1) is 11.3 Å². The molecule has 1 spiro atoms. The van der Waals surface area contributed by atoms with Crippen molar-refractivity contribution in [1.29, 1.82) is 0 Å². The van der Waals surface area contributed by atoms with Crippen molar-refractivity contribution in [2.45, 2.75) is 44.9 Å². The summed E-state index contributed by atoms with van der Waals surface area (Å²) in [4.78, 5) is 10.3. The summed E-state index contributed by atoms with van der Waals surface area (Å²) in [6, 6.07) is 0. The molecule has 2 fully saturated rings. The summed E-state index contributed by atoms with van der Waals surface area (Å²) in [5.74, 6) is 0.778. The van der Waals surface area contributed by atoms with E-state index in [-0.39, 0.29) is 0 Å². The molecule has 1 nitrogen and oxygen atoms in total. The lowest BCUT2D eigenvalue weighted by Gasteiger charge is -2.21. The summed E-state index contributed by atoms with van der Waals surface area (Å²) in [5, 5.41) is 0. The van der Waals surface area contributed by atoms with Gasteiger partial charge in [-0.15, -0.1) is 0 Å². The molecule has 1 heteroatoms. The molecule has 0 bridgehead atoms. The average molecular weight is 152 g/mol. The maximum absolute atomic E-state index is 10.3. The van der Waals surface area contributed by atoms with Crippen LogP contribution >= 0.6 is 0 Å². The van der Waals surface area contributed by atoms with Gasteiger partial charge in [-0.3, -0.25) is 0 Å². The van der Waals surface area contributed by atoms with E-state index in [2.05, 4.69) is 0 Å². The Labute approximate surface area is 68.2 Å². The lowest BCUT2D eigenvalue weighted by molar-refractivity contribution is -0.108. The minimum atomic E-state index is 0.666. The van der Waals surface area contributed by atoms with E-state index in [1.807, 2.05) is 0 Å². The fourth-order valence-electron chi connectivity index (χ4n) is 2.75. The van der Waals surface area contributed by atoms with Gasteiger partial charge in [-0.25, -0.2) is 0 Å². The predicted molar refractivity (Wildman–Crippen MR) is 44.3 cm³/mol. The van der Waals surface area contributed by atoms with Crippen LogP contribution in [0.2, 0.25) is 0 Å². The number of rotatable bonds is 2. The standard InChI is InChI=1S/C10H16O/c11-7-4-9-8-10(9)5-2-1-3-6-10/h7,9H,1-6,8H2. The molecule has 0 radical (unpaired) electrons. The molecule has 62 valence electrons. The number of hydrogen-bond acceptors (Lipinski definition) is 1. The van der Waals surface area contributed by atoms with Crippen molar-refractivity contribution >= 4 is 6.29 Å². The van der Waals surface area contributed by atoms with Gasteiger partial charge in [-0.1, -0.05) is 19.3 Å². The van der Waals surface area contributed by atoms with Gasteiger partial charge in [0.25, 0.3) is 0 Å². The Kier molecular flexibility index (Phi) is 1.74. The Bertz CT molecular complexity index is 156. The molecule has 11 heavy (non-hydrogen) atoms. The first-order valence-corrected chi connectivity index (χ1v) is 4.81. The summed E-state index contributed by atoms with van der Waals surface area (Å²) >= 11 is 0. The molecule has 1 atom stereocenters. The normalized spacial score (nSPS) is 33.6. The number of carbonyl (C=O) groups excluding carboxylic acids is 1. The SMILES string of the molecule is O=CCC1CC12CCCCC2. The smallest absolute Gasteiger partial charge is 0.120 e. The van der Waals surface area contributed by atoms with E-state index in [4.69, 9.17) is 0 Å². The summed E-state index contributed by atoms with van der Waals surface area (Å²) in [5.41, 5.74) is 0.666. The lowest BCUT2D eigenvalue weighted by Crippen LogP contribution is -2.09. The lowest BCUT2D eigenvalue weighted by atomic mass is 9.84. The van der Waals surface area contributed by atoms with Gasteiger partial charge < -0.3 is 4.79 Å². The van der Waals surface area contributed by atoms with Gasteiger partial charge in [0.05, 0.1) is 0 Å². The molecule has 0 aliphatic heterocycles. The quantitative estimate of drug-likeness (QED) is 0.556. The number of aldehydes is 1. The Balaban J connectivity index is 1.88. The van der Waals surface area contributed by atoms with Gasteiger partial charge >= 0.3 is 0 Å². The van der Waals surface area contributed by atoms with Gasteiger partial charge in [-0.05, 0) is 30.6 Å². The van der Waals surface area contributed by atoms with Crippen LogP contribution < -0.4 is 0 Å². The van der Waals surface area contributed by atoms with Gasteiger partial charge in [-0.2, -0.15) is 0 Å². The zero-order valence-electron chi connectivity index (χ0n) is 7.01. The van der Waals surface area contributed by atoms with Gasteiger partial charge in [0.2, 0.25) is 0 Å². The second-order valence-corrected chi connectivity index (χ2v) is 4.23. The predicted octanol–water partition coefficient (Wildman–Crippen LogP) is 2.55. The van der Waals surface area contributed by atoms with Crippen molar-refractivity contribution in [2.24, 2.45) is 11.3 Å². The first kappa shape index (κ1) is 7.33. The highest BCUT2D eigenvalue weighted by Crippen LogP contribution is 2.62. The number of carbonyl (C=O) groups is 1. The highest BCUT2D eigenvalue weighted by molar-refractivity contribution is 5.51. The molecule has 0 aromatic carbocycles. The van der Waals surface area contributed by atoms with Crippen LogP contribution in [-0.2, 0) is 4.79 Å². The molecule has 0 aromatic rings. The zero-order chi connectivity index (χ0) is 7.73. The molecule has 2 aliphatic rings. The van der Waals surface area contributed by atoms with Crippen molar-refractivity contribution in [3.63, 3.8) is 0 Å². The molecule has 0 heterocycles. The Morgan fingerprint density at radius 1 is 1.27 bits per heavy atom. The maximum atomic E-state index is 10.3. The minimum absolute atomic E-state index is 0.666.